The SMILES string of the molecule is Cc1cc2nc(C)c(C)c(NCCCN)n2n1. The fraction of sp³-hybridized carbons (Fsp3) is 0.500. The normalized spacial score (nSPS) is 11.1. The third-order valence-corrected chi connectivity index (χ3v) is 2.88. The lowest BCUT2D eigenvalue weighted by molar-refractivity contribution is 0.841. The van der Waals surface area contributed by atoms with Crippen LogP contribution >= 0.6 is 0 Å². The van der Waals surface area contributed by atoms with E-state index < -0.39 is 0 Å². The van der Waals surface area contributed by atoms with Gasteiger partial charge < -0.3 is 11.1 Å². The maximum atomic E-state index is 5.50. The molecule has 0 radical (unpaired) electrons. The highest BCUT2D eigenvalue weighted by molar-refractivity contribution is 5.55. The molecule has 0 bridgehead atoms. The highest BCUT2D eigenvalue weighted by atomic mass is 15.3. The monoisotopic (exact) mass is 233 g/mol. The summed E-state index contributed by atoms with van der Waals surface area (Å²) in [6, 6.07) is 1.99. The van der Waals surface area contributed by atoms with Crippen LogP contribution in [0.3, 0.4) is 0 Å². The molecule has 17 heavy (non-hydrogen) atoms. The fourth-order valence-electron chi connectivity index (χ4n) is 1.83. The van der Waals surface area contributed by atoms with Gasteiger partial charge in [-0.3, -0.25) is 0 Å². The first kappa shape index (κ1) is 11.9. The molecule has 2 rings (SSSR count). The molecule has 0 amide bonds. The van der Waals surface area contributed by atoms with Crippen molar-refractivity contribution in [2.24, 2.45) is 5.73 Å². The molecule has 2 aromatic heterocycles. The number of nitrogens with two attached hydrogens (primary N) is 1. The second-order valence-corrected chi connectivity index (χ2v) is 4.30. The van der Waals surface area contributed by atoms with Gasteiger partial charge in [-0.25, -0.2) is 4.98 Å². The van der Waals surface area contributed by atoms with Crippen molar-refractivity contribution in [3.8, 4) is 0 Å². The number of fused-ring (bicyclic) bond motifs is 1. The van der Waals surface area contributed by atoms with E-state index in [1.807, 2.05) is 24.4 Å². The highest BCUT2D eigenvalue weighted by Gasteiger charge is 2.10. The Hall–Kier alpha value is -1.62. The maximum Gasteiger partial charge on any atom is 0.157 e. The molecule has 0 fully saturated rings. The van der Waals surface area contributed by atoms with Crippen LogP contribution in [-0.4, -0.2) is 27.7 Å². The summed E-state index contributed by atoms with van der Waals surface area (Å²) in [7, 11) is 0. The Morgan fingerprint density at radius 2 is 2.12 bits per heavy atom. The van der Waals surface area contributed by atoms with Gasteiger partial charge in [-0.15, -0.1) is 0 Å². The number of rotatable bonds is 4. The van der Waals surface area contributed by atoms with Crippen LogP contribution in [0.1, 0.15) is 23.4 Å². The van der Waals surface area contributed by atoms with Gasteiger partial charge in [-0.2, -0.15) is 9.61 Å². The van der Waals surface area contributed by atoms with E-state index in [4.69, 9.17) is 5.73 Å². The number of anilines is 1. The van der Waals surface area contributed by atoms with Gasteiger partial charge >= 0.3 is 0 Å². The van der Waals surface area contributed by atoms with Crippen molar-refractivity contribution in [2.75, 3.05) is 18.4 Å². The molecule has 0 saturated heterocycles. The van der Waals surface area contributed by atoms with E-state index in [1.165, 1.54) is 0 Å². The molecule has 0 saturated carbocycles. The van der Waals surface area contributed by atoms with Gasteiger partial charge in [0, 0.05) is 23.9 Å². The van der Waals surface area contributed by atoms with E-state index in [9.17, 15) is 0 Å². The molecule has 0 aliphatic rings. The third kappa shape index (κ3) is 2.24. The predicted octanol–water partition coefficient (Wildman–Crippen LogP) is 1.42. The number of nitrogens with one attached hydrogen (secondary N) is 1. The number of hydrogen-bond donors (Lipinski definition) is 2. The molecule has 2 heterocycles. The second kappa shape index (κ2) is 4.71. The minimum atomic E-state index is 0.692. The summed E-state index contributed by atoms with van der Waals surface area (Å²) < 4.78 is 1.87. The minimum Gasteiger partial charge on any atom is -0.370 e. The lowest BCUT2D eigenvalue weighted by atomic mass is 10.2. The van der Waals surface area contributed by atoms with Crippen molar-refractivity contribution in [3.05, 3.63) is 23.0 Å². The second-order valence-electron chi connectivity index (χ2n) is 4.30. The van der Waals surface area contributed by atoms with Gasteiger partial charge in [0.05, 0.1) is 5.69 Å². The minimum absolute atomic E-state index is 0.692. The van der Waals surface area contributed by atoms with E-state index in [-0.39, 0.29) is 0 Å². The van der Waals surface area contributed by atoms with Gasteiger partial charge in [0.2, 0.25) is 0 Å². The first-order valence-electron chi connectivity index (χ1n) is 5.91. The Morgan fingerprint density at radius 1 is 1.35 bits per heavy atom. The molecule has 5 nitrogen and oxygen atoms in total. The molecule has 0 spiro atoms. The smallest absolute Gasteiger partial charge is 0.157 e. The van der Waals surface area contributed by atoms with Crippen molar-refractivity contribution in [2.45, 2.75) is 27.2 Å². The van der Waals surface area contributed by atoms with E-state index in [2.05, 4.69) is 22.3 Å². The zero-order valence-corrected chi connectivity index (χ0v) is 10.6. The highest BCUT2D eigenvalue weighted by Crippen LogP contribution is 2.19. The van der Waals surface area contributed by atoms with Gasteiger partial charge in [0.15, 0.2) is 5.65 Å². The molecular formula is C12H19N5. The average Bonchev–Trinajstić information content (AvgIpc) is 2.64. The number of aromatic nitrogens is 3. The van der Waals surface area contributed by atoms with Crippen LogP contribution in [0, 0.1) is 20.8 Å². The van der Waals surface area contributed by atoms with E-state index in [0.29, 0.717) is 6.54 Å². The Labute approximate surface area is 101 Å². The third-order valence-electron chi connectivity index (χ3n) is 2.88. The Morgan fingerprint density at radius 3 is 2.82 bits per heavy atom. The summed E-state index contributed by atoms with van der Waals surface area (Å²) in [5.41, 5.74) is 9.54. The Balaban J connectivity index is 2.45. The van der Waals surface area contributed by atoms with Gasteiger partial charge in [-0.05, 0) is 33.7 Å². The van der Waals surface area contributed by atoms with Crippen molar-refractivity contribution >= 4 is 11.5 Å². The number of nitrogens with zero attached hydrogens (tertiary/aromatic N) is 3. The van der Waals surface area contributed by atoms with Gasteiger partial charge in [-0.1, -0.05) is 0 Å². The van der Waals surface area contributed by atoms with Crippen molar-refractivity contribution in [1.82, 2.24) is 14.6 Å². The molecule has 5 heteroatoms. The van der Waals surface area contributed by atoms with Crippen LogP contribution in [0.5, 0.6) is 0 Å². The van der Waals surface area contributed by atoms with E-state index in [0.717, 1.165) is 41.4 Å². The van der Waals surface area contributed by atoms with Crippen LogP contribution < -0.4 is 11.1 Å². The molecule has 0 aromatic carbocycles. The largest absolute Gasteiger partial charge is 0.370 e. The van der Waals surface area contributed by atoms with Crippen LogP contribution in [-0.2, 0) is 0 Å². The first-order valence-corrected chi connectivity index (χ1v) is 5.91. The summed E-state index contributed by atoms with van der Waals surface area (Å²) in [6.45, 7) is 7.60. The van der Waals surface area contributed by atoms with Crippen LogP contribution in [0.15, 0.2) is 6.07 Å². The Kier molecular flexibility index (Phi) is 3.28. The lowest BCUT2D eigenvalue weighted by Crippen LogP contribution is -2.13. The molecule has 2 aromatic rings. The predicted molar refractivity (Wildman–Crippen MR) is 69.4 cm³/mol. The zero-order chi connectivity index (χ0) is 12.4. The molecule has 0 aliphatic carbocycles. The van der Waals surface area contributed by atoms with Crippen LogP contribution in [0.4, 0.5) is 5.82 Å². The molecule has 92 valence electrons. The number of hydrogen-bond acceptors (Lipinski definition) is 4. The van der Waals surface area contributed by atoms with Crippen molar-refractivity contribution < 1.29 is 0 Å². The van der Waals surface area contributed by atoms with E-state index >= 15 is 0 Å². The summed E-state index contributed by atoms with van der Waals surface area (Å²) in [5.74, 6) is 1.02. The molecule has 0 aliphatic heterocycles. The van der Waals surface area contributed by atoms with Crippen LogP contribution in [0.25, 0.3) is 5.65 Å². The average molecular weight is 233 g/mol. The molecule has 0 unspecified atom stereocenters. The first-order chi connectivity index (χ1) is 8.13. The van der Waals surface area contributed by atoms with E-state index in [1.54, 1.807) is 0 Å². The zero-order valence-electron chi connectivity index (χ0n) is 10.6. The summed E-state index contributed by atoms with van der Waals surface area (Å²) >= 11 is 0. The molecule has 3 N–H and O–H groups in total. The summed E-state index contributed by atoms with van der Waals surface area (Å²) in [5, 5.41) is 7.85. The standard InChI is InChI=1S/C12H19N5/c1-8-7-11-15-10(3)9(2)12(17(11)16-8)14-6-4-5-13/h7,14H,4-6,13H2,1-3H3. The number of aryl methyl sites for hydroxylation is 2. The molecular weight excluding hydrogens is 214 g/mol. The van der Waals surface area contributed by atoms with Crippen LogP contribution in [0.2, 0.25) is 0 Å². The van der Waals surface area contributed by atoms with Crippen molar-refractivity contribution in [3.63, 3.8) is 0 Å². The fourth-order valence-corrected chi connectivity index (χ4v) is 1.83. The van der Waals surface area contributed by atoms with Gasteiger partial charge in [0.1, 0.15) is 5.82 Å². The lowest BCUT2D eigenvalue weighted by Gasteiger charge is -2.12. The molecule has 0 atom stereocenters. The summed E-state index contributed by atoms with van der Waals surface area (Å²) in [6.07, 6.45) is 0.947. The quantitative estimate of drug-likeness (QED) is 0.784. The maximum absolute atomic E-state index is 5.50. The topological polar surface area (TPSA) is 68.2 Å². The van der Waals surface area contributed by atoms with Gasteiger partial charge in [0.25, 0.3) is 0 Å². The van der Waals surface area contributed by atoms with Crippen molar-refractivity contribution in [1.29, 1.82) is 0 Å². The summed E-state index contributed by atoms with van der Waals surface area (Å²) in [4.78, 5) is 4.52. The Bertz CT molecular complexity index is 529.